The first kappa shape index (κ1) is 26.6. The van der Waals surface area contributed by atoms with E-state index >= 15 is 0 Å². The Kier molecular flexibility index (Phi) is 5.81. The summed E-state index contributed by atoms with van der Waals surface area (Å²) in [6.45, 7) is 0. The number of fused-ring (bicyclic) bond motifs is 7. The highest BCUT2D eigenvalue weighted by atomic mass is 16.3. The van der Waals surface area contributed by atoms with Gasteiger partial charge in [0, 0.05) is 38.2 Å². The van der Waals surface area contributed by atoms with Crippen molar-refractivity contribution in [1.29, 1.82) is 0 Å². The molecule has 0 aliphatic carbocycles. The molecule has 0 aliphatic rings. The van der Waals surface area contributed by atoms with Crippen LogP contribution in [0.3, 0.4) is 0 Å². The van der Waals surface area contributed by atoms with Gasteiger partial charge in [0.25, 0.3) is 0 Å². The van der Waals surface area contributed by atoms with Crippen LogP contribution in [0.4, 0.5) is 0 Å². The zero-order valence-electron chi connectivity index (χ0n) is 25.6. The molecule has 3 heterocycles. The summed E-state index contributed by atoms with van der Waals surface area (Å²) in [5, 5.41) is 6.49. The Morgan fingerprint density at radius 1 is 0.333 bits per heavy atom. The van der Waals surface area contributed by atoms with Crippen LogP contribution in [0.5, 0.6) is 0 Å². The lowest BCUT2D eigenvalue weighted by atomic mass is 9.98. The highest BCUT2D eigenvalue weighted by Gasteiger charge is 2.18. The van der Waals surface area contributed by atoms with Crippen molar-refractivity contribution in [3.05, 3.63) is 152 Å². The fourth-order valence-corrected chi connectivity index (χ4v) is 6.77. The molecule has 0 saturated carbocycles. The average Bonchev–Trinajstić information content (AvgIpc) is 3.71. The Labute approximate surface area is 274 Å². The molecule has 7 aromatic carbocycles. The molecule has 0 atom stereocenters. The first-order valence-electron chi connectivity index (χ1n) is 15.9. The molecule has 3 aromatic heterocycles. The van der Waals surface area contributed by atoms with E-state index in [1.807, 2.05) is 91.0 Å². The van der Waals surface area contributed by atoms with Crippen LogP contribution >= 0.6 is 0 Å². The zero-order chi connectivity index (χ0) is 31.6. The van der Waals surface area contributed by atoms with Crippen LogP contribution in [0, 0.1) is 0 Å². The summed E-state index contributed by atoms with van der Waals surface area (Å²) < 4.78 is 12.7. The summed E-state index contributed by atoms with van der Waals surface area (Å²) in [7, 11) is 0. The molecule has 0 fully saturated rings. The lowest BCUT2D eigenvalue weighted by Crippen LogP contribution is -2.00. The van der Waals surface area contributed by atoms with E-state index in [4.69, 9.17) is 23.8 Å². The lowest BCUT2D eigenvalue weighted by molar-refractivity contribution is 0.669. The first-order valence-corrected chi connectivity index (χ1v) is 15.9. The first-order chi connectivity index (χ1) is 23.7. The van der Waals surface area contributed by atoms with Gasteiger partial charge in [0.05, 0.1) is 0 Å². The normalized spacial score (nSPS) is 11.8. The van der Waals surface area contributed by atoms with Gasteiger partial charge in [0.15, 0.2) is 17.5 Å². The van der Waals surface area contributed by atoms with Crippen molar-refractivity contribution in [3.63, 3.8) is 0 Å². The second kappa shape index (κ2) is 10.5. The number of rotatable bonds is 4. The molecular formula is C43H25N3O2. The fraction of sp³-hybridized carbons (Fsp3) is 0. The summed E-state index contributed by atoms with van der Waals surface area (Å²) in [6, 6.07) is 51.7. The number of nitrogens with zero attached hydrogens (tertiary/aromatic N) is 3. The molecule has 48 heavy (non-hydrogen) atoms. The molecule has 10 rings (SSSR count). The van der Waals surface area contributed by atoms with Gasteiger partial charge in [0.2, 0.25) is 0 Å². The maximum atomic E-state index is 6.50. The van der Waals surface area contributed by atoms with Crippen LogP contribution in [0.2, 0.25) is 0 Å². The maximum Gasteiger partial charge on any atom is 0.164 e. The number of hydrogen-bond acceptors (Lipinski definition) is 5. The number of hydrogen-bond donors (Lipinski definition) is 0. The van der Waals surface area contributed by atoms with Crippen LogP contribution in [0.15, 0.2) is 160 Å². The predicted molar refractivity (Wildman–Crippen MR) is 194 cm³/mol. The average molecular weight is 616 g/mol. The van der Waals surface area contributed by atoms with Gasteiger partial charge in [-0.05, 0) is 64.4 Å². The van der Waals surface area contributed by atoms with Crippen molar-refractivity contribution in [3.8, 4) is 45.3 Å². The van der Waals surface area contributed by atoms with Crippen molar-refractivity contribution in [1.82, 2.24) is 15.0 Å². The smallest absolute Gasteiger partial charge is 0.164 e. The Hall–Kier alpha value is -6.59. The highest BCUT2D eigenvalue weighted by molar-refractivity contribution is 6.15. The summed E-state index contributed by atoms with van der Waals surface area (Å²) in [6.07, 6.45) is 0. The third kappa shape index (κ3) is 4.29. The van der Waals surface area contributed by atoms with Gasteiger partial charge >= 0.3 is 0 Å². The molecule has 0 amide bonds. The van der Waals surface area contributed by atoms with Gasteiger partial charge in [-0.25, -0.2) is 15.0 Å². The molecule has 5 heteroatoms. The molecule has 0 saturated heterocycles. The van der Waals surface area contributed by atoms with Crippen LogP contribution in [0.1, 0.15) is 0 Å². The third-order valence-electron chi connectivity index (χ3n) is 9.11. The summed E-state index contributed by atoms with van der Waals surface area (Å²) in [4.78, 5) is 14.9. The molecule has 224 valence electrons. The minimum Gasteiger partial charge on any atom is -0.456 e. The molecular weight excluding hydrogens is 590 g/mol. The van der Waals surface area contributed by atoms with Crippen LogP contribution in [0.25, 0.3) is 99.9 Å². The second-order valence-corrected chi connectivity index (χ2v) is 12.0. The van der Waals surface area contributed by atoms with Gasteiger partial charge in [-0.3, -0.25) is 0 Å². The van der Waals surface area contributed by atoms with E-state index in [1.54, 1.807) is 0 Å². The minimum atomic E-state index is 0.604. The van der Waals surface area contributed by atoms with E-state index in [1.165, 1.54) is 0 Å². The van der Waals surface area contributed by atoms with Crippen molar-refractivity contribution >= 4 is 54.6 Å². The topological polar surface area (TPSA) is 65.0 Å². The van der Waals surface area contributed by atoms with Crippen molar-refractivity contribution in [2.45, 2.75) is 0 Å². The molecule has 0 bridgehead atoms. The minimum absolute atomic E-state index is 0.604. The Bertz CT molecular complexity index is 2780. The van der Waals surface area contributed by atoms with Crippen LogP contribution < -0.4 is 0 Å². The Morgan fingerprint density at radius 2 is 0.938 bits per heavy atom. The van der Waals surface area contributed by atoms with Crippen LogP contribution in [-0.4, -0.2) is 15.0 Å². The largest absolute Gasteiger partial charge is 0.456 e. The van der Waals surface area contributed by atoms with E-state index < -0.39 is 0 Å². The van der Waals surface area contributed by atoms with E-state index in [0.717, 1.165) is 82.5 Å². The highest BCUT2D eigenvalue weighted by Crippen LogP contribution is 2.39. The molecule has 5 nitrogen and oxygen atoms in total. The monoisotopic (exact) mass is 615 g/mol. The Balaban J connectivity index is 1.13. The number of furan rings is 2. The molecule has 0 radical (unpaired) electrons. The van der Waals surface area contributed by atoms with Gasteiger partial charge in [-0.15, -0.1) is 0 Å². The Morgan fingerprint density at radius 3 is 1.73 bits per heavy atom. The second-order valence-electron chi connectivity index (χ2n) is 12.0. The van der Waals surface area contributed by atoms with Crippen molar-refractivity contribution in [2.24, 2.45) is 0 Å². The maximum absolute atomic E-state index is 6.50. The van der Waals surface area contributed by atoms with E-state index in [0.29, 0.717) is 17.5 Å². The van der Waals surface area contributed by atoms with E-state index in [9.17, 15) is 0 Å². The van der Waals surface area contributed by atoms with Crippen molar-refractivity contribution in [2.75, 3.05) is 0 Å². The van der Waals surface area contributed by atoms with E-state index in [-0.39, 0.29) is 0 Å². The number of aromatic nitrogens is 3. The molecule has 0 aliphatic heterocycles. The quantitative estimate of drug-likeness (QED) is 0.197. The van der Waals surface area contributed by atoms with Gasteiger partial charge in [-0.1, -0.05) is 109 Å². The molecule has 10 aromatic rings. The van der Waals surface area contributed by atoms with Crippen molar-refractivity contribution < 1.29 is 8.83 Å². The standard InChI is InChI=1S/C43H25N3O2/c1-3-10-26(11-4-1)41-44-42(27-12-5-2-6-13-27)46-43(45-41)34-15-9-17-37-40(34)35-23-29-19-18-28(22-31(29)25-39(35)48-37)30-20-21-33-32-14-7-8-16-36(32)47-38(33)24-30/h1-25H. The third-order valence-corrected chi connectivity index (χ3v) is 9.11. The SMILES string of the molecule is c1ccc(-c2nc(-c3ccccc3)nc(-c3cccc4oc5cc6cc(-c7ccc8c(c7)oc7ccccc78)ccc6cc5c34)n2)cc1. The summed E-state index contributed by atoms with van der Waals surface area (Å²) in [5.41, 5.74) is 8.39. The summed E-state index contributed by atoms with van der Waals surface area (Å²) >= 11 is 0. The van der Waals surface area contributed by atoms with Gasteiger partial charge in [0.1, 0.15) is 22.3 Å². The van der Waals surface area contributed by atoms with Gasteiger partial charge in [-0.2, -0.15) is 0 Å². The molecule has 0 spiro atoms. The molecule has 0 unspecified atom stereocenters. The fourth-order valence-electron chi connectivity index (χ4n) is 6.77. The van der Waals surface area contributed by atoms with E-state index in [2.05, 4.69) is 60.7 Å². The van der Waals surface area contributed by atoms with Crippen LogP contribution in [-0.2, 0) is 0 Å². The summed E-state index contributed by atoms with van der Waals surface area (Å²) in [5.74, 6) is 1.86. The lowest BCUT2D eigenvalue weighted by Gasteiger charge is -2.09. The predicted octanol–water partition coefficient (Wildman–Crippen LogP) is 11.5. The molecule has 0 N–H and O–H groups in total. The number of benzene rings is 7. The van der Waals surface area contributed by atoms with Gasteiger partial charge < -0.3 is 8.83 Å². The number of para-hydroxylation sites is 1. The zero-order valence-corrected chi connectivity index (χ0v) is 25.6.